The van der Waals surface area contributed by atoms with Crippen molar-refractivity contribution in [2.24, 2.45) is 0 Å². The van der Waals surface area contributed by atoms with Crippen molar-refractivity contribution in [3.8, 4) is 0 Å². The molecule has 0 atom stereocenters. The van der Waals surface area contributed by atoms with Crippen LogP contribution in [0.25, 0.3) is 0 Å². The van der Waals surface area contributed by atoms with E-state index in [1.54, 1.807) is 11.9 Å². The summed E-state index contributed by atoms with van der Waals surface area (Å²) >= 11 is 12.5. The van der Waals surface area contributed by atoms with E-state index in [1.807, 2.05) is 67.1 Å². The number of aromatic nitrogens is 2. The lowest BCUT2D eigenvalue weighted by Crippen LogP contribution is -2.27. The molecule has 6 heteroatoms. The first-order valence-corrected chi connectivity index (χ1v) is 9.40. The summed E-state index contributed by atoms with van der Waals surface area (Å²) in [6.07, 6.45) is 0. The molecule has 27 heavy (non-hydrogen) atoms. The van der Waals surface area contributed by atoms with Gasteiger partial charge in [0.25, 0.3) is 5.91 Å². The SMILES string of the molecule is Cc1nn(Cc2ccccc2Cl)c(C)c1C(=O)N(C)Cc1ccccc1Cl. The van der Waals surface area contributed by atoms with E-state index in [0.29, 0.717) is 34.4 Å². The van der Waals surface area contributed by atoms with Gasteiger partial charge in [0, 0.05) is 29.3 Å². The van der Waals surface area contributed by atoms with Crippen LogP contribution in [0.2, 0.25) is 10.0 Å². The number of hydrogen-bond acceptors (Lipinski definition) is 2. The summed E-state index contributed by atoms with van der Waals surface area (Å²) in [5.74, 6) is -0.0738. The fraction of sp³-hybridized carbons (Fsp3) is 0.238. The summed E-state index contributed by atoms with van der Waals surface area (Å²) in [6, 6.07) is 15.2. The topological polar surface area (TPSA) is 38.1 Å². The molecule has 0 N–H and O–H groups in total. The van der Waals surface area contributed by atoms with Gasteiger partial charge < -0.3 is 4.90 Å². The molecule has 0 aliphatic carbocycles. The van der Waals surface area contributed by atoms with E-state index in [-0.39, 0.29) is 5.91 Å². The van der Waals surface area contributed by atoms with Crippen LogP contribution in [-0.2, 0) is 13.1 Å². The van der Waals surface area contributed by atoms with Crippen molar-refractivity contribution in [3.05, 3.63) is 86.7 Å². The van der Waals surface area contributed by atoms with Gasteiger partial charge in [0.2, 0.25) is 0 Å². The number of carbonyl (C=O) groups is 1. The van der Waals surface area contributed by atoms with Crippen LogP contribution in [0.3, 0.4) is 0 Å². The van der Waals surface area contributed by atoms with Crippen LogP contribution in [0.5, 0.6) is 0 Å². The molecule has 3 rings (SSSR count). The van der Waals surface area contributed by atoms with Gasteiger partial charge in [0.15, 0.2) is 0 Å². The molecule has 0 saturated heterocycles. The minimum Gasteiger partial charge on any atom is -0.337 e. The van der Waals surface area contributed by atoms with Crippen molar-refractivity contribution in [1.29, 1.82) is 0 Å². The van der Waals surface area contributed by atoms with E-state index in [9.17, 15) is 4.79 Å². The van der Waals surface area contributed by atoms with Crippen LogP contribution in [0.15, 0.2) is 48.5 Å². The molecule has 1 amide bonds. The molecule has 1 heterocycles. The zero-order chi connectivity index (χ0) is 19.6. The third kappa shape index (κ3) is 4.18. The van der Waals surface area contributed by atoms with E-state index >= 15 is 0 Å². The second-order valence-corrected chi connectivity index (χ2v) is 7.36. The lowest BCUT2D eigenvalue weighted by Gasteiger charge is -2.18. The quantitative estimate of drug-likeness (QED) is 0.594. The van der Waals surface area contributed by atoms with Gasteiger partial charge in [-0.3, -0.25) is 9.48 Å². The van der Waals surface area contributed by atoms with E-state index in [2.05, 4.69) is 5.10 Å². The lowest BCUT2D eigenvalue weighted by molar-refractivity contribution is 0.0783. The summed E-state index contributed by atoms with van der Waals surface area (Å²) in [5, 5.41) is 5.90. The van der Waals surface area contributed by atoms with Gasteiger partial charge in [-0.2, -0.15) is 5.10 Å². The summed E-state index contributed by atoms with van der Waals surface area (Å²) in [4.78, 5) is 14.7. The normalized spacial score (nSPS) is 10.9. The molecule has 0 bridgehead atoms. The van der Waals surface area contributed by atoms with E-state index in [0.717, 1.165) is 16.8 Å². The molecular weight excluding hydrogens is 381 g/mol. The van der Waals surface area contributed by atoms with Gasteiger partial charge in [-0.15, -0.1) is 0 Å². The first-order valence-electron chi connectivity index (χ1n) is 8.64. The Kier molecular flexibility index (Phi) is 5.88. The zero-order valence-electron chi connectivity index (χ0n) is 15.5. The average Bonchev–Trinajstić information content (AvgIpc) is 2.91. The number of carbonyl (C=O) groups excluding carboxylic acids is 1. The molecule has 0 fully saturated rings. The Morgan fingerprint density at radius 3 is 2.15 bits per heavy atom. The monoisotopic (exact) mass is 401 g/mol. The van der Waals surface area contributed by atoms with Crippen molar-refractivity contribution in [3.63, 3.8) is 0 Å². The van der Waals surface area contributed by atoms with Crippen LogP contribution in [-0.4, -0.2) is 27.6 Å². The molecule has 2 aromatic carbocycles. The Hall–Kier alpha value is -2.30. The summed E-state index contributed by atoms with van der Waals surface area (Å²) in [6.45, 7) is 4.72. The molecule has 0 unspecified atom stereocenters. The molecule has 140 valence electrons. The maximum absolute atomic E-state index is 13.0. The van der Waals surface area contributed by atoms with Crippen molar-refractivity contribution in [2.45, 2.75) is 26.9 Å². The third-order valence-corrected chi connectivity index (χ3v) is 5.32. The molecule has 0 saturated carbocycles. The maximum atomic E-state index is 13.0. The van der Waals surface area contributed by atoms with E-state index in [4.69, 9.17) is 23.2 Å². The van der Waals surface area contributed by atoms with Crippen molar-refractivity contribution >= 4 is 29.1 Å². The molecule has 0 aliphatic rings. The van der Waals surface area contributed by atoms with Gasteiger partial charge in [0.05, 0.1) is 17.8 Å². The average molecular weight is 402 g/mol. The maximum Gasteiger partial charge on any atom is 0.257 e. The molecule has 1 aromatic heterocycles. The largest absolute Gasteiger partial charge is 0.337 e. The molecule has 3 aromatic rings. The number of aryl methyl sites for hydroxylation is 1. The highest BCUT2D eigenvalue weighted by molar-refractivity contribution is 6.31. The summed E-state index contributed by atoms with van der Waals surface area (Å²) in [7, 11) is 1.77. The minimum atomic E-state index is -0.0738. The first-order chi connectivity index (χ1) is 12.9. The highest BCUT2D eigenvalue weighted by Gasteiger charge is 2.22. The molecule has 0 spiro atoms. The van der Waals surface area contributed by atoms with Crippen LogP contribution in [0.1, 0.15) is 32.9 Å². The molecule has 0 radical (unpaired) electrons. The highest BCUT2D eigenvalue weighted by Crippen LogP contribution is 2.22. The summed E-state index contributed by atoms with van der Waals surface area (Å²) < 4.78 is 1.83. The second-order valence-electron chi connectivity index (χ2n) is 6.55. The van der Waals surface area contributed by atoms with E-state index < -0.39 is 0 Å². The van der Waals surface area contributed by atoms with Gasteiger partial charge >= 0.3 is 0 Å². The number of amides is 1. The van der Waals surface area contributed by atoms with Gasteiger partial charge in [-0.1, -0.05) is 59.6 Å². The Morgan fingerprint density at radius 1 is 1.00 bits per heavy atom. The van der Waals surface area contributed by atoms with Crippen LogP contribution in [0, 0.1) is 13.8 Å². The lowest BCUT2D eigenvalue weighted by atomic mass is 10.1. The van der Waals surface area contributed by atoms with Gasteiger partial charge in [0.1, 0.15) is 0 Å². The number of hydrogen-bond donors (Lipinski definition) is 0. The van der Waals surface area contributed by atoms with Gasteiger partial charge in [-0.05, 0) is 37.1 Å². The Labute approximate surface area is 169 Å². The number of halogens is 2. The second kappa shape index (κ2) is 8.15. The van der Waals surface area contributed by atoms with Crippen molar-refractivity contribution in [2.75, 3.05) is 7.05 Å². The predicted molar refractivity (Wildman–Crippen MR) is 110 cm³/mol. The summed E-state index contributed by atoms with van der Waals surface area (Å²) in [5.41, 5.74) is 4.03. The smallest absolute Gasteiger partial charge is 0.257 e. The predicted octanol–water partition coefficient (Wildman–Crippen LogP) is 5.13. The highest BCUT2D eigenvalue weighted by atomic mass is 35.5. The van der Waals surface area contributed by atoms with E-state index in [1.165, 1.54) is 0 Å². The fourth-order valence-corrected chi connectivity index (χ4v) is 3.48. The molecule has 4 nitrogen and oxygen atoms in total. The number of benzene rings is 2. The standard InChI is InChI=1S/C21H21Cl2N3O/c1-14-20(21(27)25(3)12-16-8-4-6-10-18(16)22)15(2)26(24-14)13-17-9-5-7-11-19(17)23/h4-11H,12-13H2,1-3H3. The Morgan fingerprint density at radius 2 is 1.56 bits per heavy atom. The fourth-order valence-electron chi connectivity index (χ4n) is 3.09. The van der Waals surface area contributed by atoms with Crippen LogP contribution in [0.4, 0.5) is 0 Å². The number of rotatable bonds is 5. The van der Waals surface area contributed by atoms with Crippen molar-refractivity contribution in [1.82, 2.24) is 14.7 Å². The number of nitrogens with zero attached hydrogens (tertiary/aromatic N) is 3. The molecule has 0 aliphatic heterocycles. The van der Waals surface area contributed by atoms with Crippen molar-refractivity contribution < 1.29 is 4.79 Å². The third-order valence-electron chi connectivity index (χ3n) is 4.59. The zero-order valence-corrected chi connectivity index (χ0v) is 17.1. The van der Waals surface area contributed by atoms with Crippen LogP contribution >= 0.6 is 23.2 Å². The first kappa shape index (κ1) is 19.5. The Balaban J connectivity index is 1.84. The van der Waals surface area contributed by atoms with Crippen LogP contribution < -0.4 is 0 Å². The van der Waals surface area contributed by atoms with Gasteiger partial charge in [-0.25, -0.2) is 0 Å². The molecular formula is C21H21Cl2N3O. The minimum absolute atomic E-state index is 0.0738. The Bertz CT molecular complexity index is 981.